The molecule has 0 aliphatic carbocycles. The van der Waals surface area contributed by atoms with E-state index in [1.54, 1.807) is 20.8 Å². The number of rotatable bonds is 9. The van der Waals surface area contributed by atoms with Crippen LogP contribution < -0.4 is 11.1 Å². The first-order valence-electron chi connectivity index (χ1n) is 10.3. The Hall–Kier alpha value is -2.34. The van der Waals surface area contributed by atoms with Gasteiger partial charge in [-0.25, -0.2) is 4.79 Å². The molecule has 1 saturated heterocycles. The molecule has 31 heavy (non-hydrogen) atoms. The summed E-state index contributed by atoms with van der Waals surface area (Å²) in [5.41, 5.74) is 3.15. The van der Waals surface area contributed by atoms with E-state index < -0.39 is 48.1 Å². The molecule has 176 valence electrons. The quantitative estimate of drug-likeness (QED) is 0.308. The number of ether oxygens (including phenoxy) is 1. The molecule has 1 heterocycles. The van der Waals surface area contributed by atoms with Crippen molar-refractivity contribution in [3.63, 3.8) is 0 Å². The topological polar surface area (TPSA) is 179 Å². The van der Waals surface area contributed by atoms with Crippen LogP contribution in [0.15, 0.2) is 0 Å². The second-order valence-corrected chi connectivity index (χ2v) is 9.42. The zero-order valence-electron chi connectivity index (χ0n) is 18.6. The van der Waals surface area contributed by atoms with E-state index in [1.165, 1.54) is 11.8 Å². The summed E-state index contributed by atoms with van der Waals surface area (Å²) in [7, 11) is -1.53. The number of carboxylic acid groups (broad SMARTS) is 1. The van der Waals surface area contributed by atoms with E-state index in [4.69, 9.17) is 20.5 Å². The van der Waals surface area contributed by atoms with Crippen molar-refractivity contribution in [3.05, 3.63) is 0 Å². The average Bonchev–Trinajstić information content (AvgIpc) is 2.60. The maximum atomic E-state index is 13.2. The molecule has 1 aliphatic rings. The van der Waals surface area contributed by atoms with Gasteiger partial charge < -0.3 is 35.8 Å². The van der Waals surface area contributed by atoms with Gasteiger partial charge in [0.1, 0.15) is 11.6 Å². The molecule has 1 rings (SSSR count). The van der Waals surface area contributed by atoms with Crippen LogP contribution in [0.5, 0.6) is 0 Å². The lowest BCUT2D eigenvalue weighted by Gasteiger charge is -2.43. The Labute approximate surface area is 182 Å². The van der Waals surface area contributed by atoms with Gasteiger partial charge in [0.2, 0.25) is 11.8 Å². The van der Waals surface area contributed by atoms with E-state index in [1.807, 2.05) is 0 Å². The van der Waals surface area contributed by atoms with Crippen molar-refractivity contribution in [2.45, 2.75) is 71.3 Å². The van der Waals surface area contributed by atoms with Crippen molar-refractivity contribution in [1.82, 2.24) is 10.2 Å². The smallest absolute Gasteiger partial charge is 0.451 e. The first-order chi connectivity index (χ1) is 14.1. The van der Waals surface area contributed by atoms with E-state index in [-0.39, 0.29) is 44.6 Å². The highest BCUT2D eigenvalue weighted by atomic mass is 16.6. The molecule has 6 N–H and O–H groups in total. The Morgan fingerprint density at radius 2 is 1.90 bits per heavy atom. The molecule has 0 spiro atoms. The van der Waals surface area contributed by atoms with Crippen LogP contribution in [0.1, 0.15) is 53.4 Å². The zero-order valence-corrected chi connectivity index (χ0v) is 18.6. The lowest BCUT2D eigenvalue weighted by molar-refractivity contribution is -0.156. The number of carbonyl (C=O) groups excluding carboxylic acids is 3. The van der Waals surface area contributed by atoms with Crippen molar-refractivity contribution in [3.8, 4) is 0 Å². The zero-order chi connectivity index (χ0) is 24.0. The first kappa shape index (κ1) is 26.7. The number of aliphatic carboxylic acids is 1. The lowest BCUT2D eigenvalue weighted by atomic mass is 9.72. The van der Waals surface area contributed by atoms with Crippen molar-refractivity contribution in [2.75, 3.05) is 13.1 Å². The number of hydrogen-bond acceptors (Lipinski definition) is 7. The van der Waals surface area contributed by atoms with Gasteiger partial charge in [-0.15, -0.1) is 0 Å². The Morgan fingerprint density at radius 3 is 2.39 bits per heavy atom. The van der Waals surface area contributed by atoms with E-state index >= 15 is 0 Å². The molecule has 12 heteroatoms. The Bertz CT molecular complexity index is 682. The van der Waals surface area contributed by atoms with Crippen molar-refractivity contribution >= 4 is 31.0 Å². The molecule has 0 saturated carbocycles. The number of nitrogens with zero attached hydrogens (tertiary/aromatic N) is 1. The van der Waals surface area contributed by atoms with E-state index in [0.717, 1.165) is 0 Å². The maximum Gasteiger partial charge on any atom is 0.451 e. The number of nitrogens with two attached hydrogens (primary N) is 1. The molecule has 3 amide bonds. The van der Waals surface area contributed by atoms with Crippen LogP contribution in [0.2, 0.25) is 6.32 Å². The maximum absolute atomic E-state index is 13.2. The van der Waals surface area contributed by atoms with Gasteiger partial charge in [-0.3, -0.25) is 14.4 Å². The van der Waals surface area contributed by atoms with Gasteiger partial charge in [0.15, 0.2) is 0 Å². The van der Waals surface area contributed by atoms with Crippen LogP contribution in [0.3, 0.4) is 0 Å². The van der Waals surface area contributed by atoms with E-state index in [9.17, 15) is 24.3 Å². The summed E-state index contributed by atoms with van der Waals surface area (Å²) in [4.78, 5) is 49.9. The minimum absolute atomic E-state index is 0.0453. The van der Waals surface area contributed by atoms with Gasteiger partial charge in [-0.1, -0.05) is 6.42 Å². The fraction of sp³-hybridized carbons (Fsp3) is 0.789. The minimum Gasteiger partial charge on any atom is -0.481 e. The number of primary amides is 1. The second-order valence-electron chi connectivity index (χ2n) is 9.42. The average molecular weight is 443 g/mol. The number of piperidine rings is 1. The summed E-state index contributed by atoms with van der Waals surface area (Å²) in [5.74, 6) is -2.55. The van der Waals surface area contributed by atoms with E-state index in [0.29, 0.717) is 6.42 Å². The van der Waals surface area contributed by atoms with Crippen LogP contribution in [0.4, 0.5) is 4.79 Å². The molecule has 0 radical (unpaired) electrons. The summed E-state index contributed by atoms with van der Waals surface area (Å²) in [6.07, 6.45) is -0.429. The largest absolute Gasteiger partial charge is 0.481 e. The Morgan fingerprint density at radius 1 is 1.29 bits per heavy atom. The van der Waals surface area contributed by atoms with E-state index in [2.05, 4.69) is 5.32 Å². The number of amides is 3. The third kappa shape index (κ3) is 9.13. The molecule has 1 aliphatic heterocycles. The second kappa shape index (κ2) is 10.8. The molecule has 1 fully saturated rings. The fourth-order valence-electron chi connectivity index (χ4n) is 3.68. The molecule has 0 aromatic heterocycles. The first-order valence-corrected chi connectivity index (χ1v) is 10.3. The highest BCUT2D eigenvalue weighted by Gasteiger charge is 2.44. The van der Waals surface area contributed by atoms with Gasteiger partial charge in [0.25, 0.3) is 0 Å². The number of carboxylic acids is 1. The predicted molar refractivity (Wildman–Crippen MR) is 112 cm³/mol. The van der Waals surface area contributed by atoms with Gasteiger partial charge in [-0.05, 0) is 52.8 Å². The SMILES string of the molecule is CC(C)(C)OC(=O)N[C@@H](CCC(N)=O)C(=O)N1C[C@@H](CCB(O)O)C[C@](C)(C(=O)O)C1. The third-order valence-corrected chi connectivity index (χ3v) is 5.09. The molecular formula is C19H34BN3O8. The summed E-state index contributed by atoms with van der Waals surface area (Å²) in [6, 6.07) is -1.12. The third-order valence-electron chi connectivity index (χ3n) is 5.09. The number of alkyl carbamates (subject to hydrolysis) is 1. The van der Waals surface area contributed by atoms with Gasteiger partial charge in [-0.2, -0.15) is 0 Å². The number of likely N-dealkylation sites (tertiary alicyclic amines) is 1. The Balaban J connectivity index is 3.05. The Kier molecular flexibility index (Phi) is 9.31. The molecule has 0 aromatic carbocycles. The fourth-order valence-corrected chi connectivity index (χ4v) is 3.68. The molecule has 0 aromatic rings. The van der Waals surface area contributed by atoms with Crippen LogP contribution in [0, 0.1) is 11.3 Å². The summed E-state index contributed by atoms with van der Waals surface area (Å²) in [5, 5.41) is 30.5. The molecule has 3 atom stereocenters. The lowest BCUT2D eigenvalue weighted by Crippen LogP contribution is -2.57. The van der Waals surface area contributed by atoms with Gasteiger partial charge in [0.05, 0.1) is 5.41 Å². The number of carbonyl (C=O) groups is 4. The van der Waals surface area contributed by atoms with Crippen molar-refractivity contribution in [1.29, 1.82) is 0 Å². The minimum atomic E-state index is -1.53. The van der Waals surface area contributed by atoms with Crippen molar-refractivity contribution in [2.24, 2.45) is 17.1 Å². The van der Waals surface area contributed by atoms with Crippen LogP contribution in [0.25, 0.3) is 0 Å². The summed E-state index contributed by atoms with van der Waals surface area (Å²) >= 11 is 0. The standard InChI is InChI=1S/C19H34BN3O8/c1-18(2,3)31-17(28)22-13(5-6-14(21)24)15(25)23-10-12(7-8-20(29)30)9-19(4,11-23)16(26)27/h12-13,29-30H,5-11H2,1-4H3,(H2,21,24)(H,22,28)(H,26,27)/t12-,13-,19-/m0/s1. The molecule has 0 unspecified atom stereocenters. The number of nitrogens with one attached hydrogen (secondary N) is 1. The molecule has 0 bridgehead atoms. The van der Waals surface area contributed by atoms with Gasteiger partial charge in [0, 0.05) is 19.5 Å². The van der Waals surface area contributed by atoms with Gasteiger partial charge >= 0.3 is 19.2 Å². The summed E-state index contributed by atoms with van der Waals surface area (Å²) in [6.45, 7) is 6.62. The normalized spacial score (nSPS) is 22.4. The van der Waals surface area contributed by atoms with Crippen LogP contribution in [-0.2, 0) is 19.1 Å². The predicted octanol–water partition coefficient (Wildman–Crippen LogP) is -0.0525. The molecular weight excluding hydrogens is 409 g/mol. The monoisotopic (exact) mass is 443 g/mol. The highest BCUT2D eigenvalue weighted by molar-refractivity contribution is 6.40. The van der Waals surface area contributed by atoms with Crippen LogP contribution in [-0.4, -0.2) is 75.8 Å². The highest BCUT2D eigenvalue weighted by Crippen LogP contribution is 2.36. The number of hydrogen-bond donors (Lipinski definition) is 5. The van der Waals surface area contributed by atoms with Crippen molar-refractivity contribution < 1.29 is 39.1 Å². The van der Waals surface area contributed by atoms with Crippen LogP contribution >= 0.6 is 0 Å². The molecule has 11 nitrogen and oxygen atoms in total. The summed E-state index contributed by atoms with van der Waals surface area (Å²) < 4.78 is 5.19.